The fourth-order valence-electron chi connectivity index (χ4n) is 2.50. The molecular weight excluding hydrogens is 352 g/mol. The number of nitrogens with zero attached hydrogens (tertiary/aromatic N) is 3. The fraction of sp³-hybridized carbons (Fsp3) is 0.267. The molecule has 1 aromatic carbocycles. The zero-order chi connectivity index (χ0) is 17.3. The summed E-state index contributed by atoms with van der Waals surface area (Å²) < 4.78 is 1.60. The number of aromatic nitrogens is 2. The van der Waals surface area contributed by atoms with Crippen molar-refractivity contribution in [3.05, 3.63) is 41.0 Å². The second-order valence-corrected chi connectivity index (χ2v) is 7.07. The third-order valence-electron chi connectivity index (χ3n) is 3.60. The Hall–Kier alpha value is -2.03. The molecular formula is C15H15ClN4O3S. The lowest BCUT2D eigenvalue weighted by molar-refractivity contribution is -0.129. The van der Waals surface area contributed by atoms with Crippen LogP contribution in [0, 0.1) is 0 Å². The minimum absolute atomic E-state index is 0.218. The van der Waals surface area contributed by atoms with E-state index < -0.39 is 5.91 Å². The lowest BCUT2D eigenvalue weighted by Gasteiger charge is -2.29. The Labute approximate surface area is 147 Å². The molecule has 9 heteroatoms. The summed E-state index contributed by atoms with van der Waals surface area (Å²) in [7, 11) is 1.75. The first-order chi connectivity index (χ1) is 11.5. The summed E-state index contributed by atoms with van der Waals surface area (Å²) in [5.74, 6) is -0.453. The zero-order valence-corrected chi connectivity index (χ0v) is 14.3. The van der Waals surface area contributed by atoms with Crippen LogP contribution in [-0.4, -0.2) is 38.6 Å². The Bertz CT molecular complexity index is 778. The second kappa shape index (κ2) is 6.84. The van der Waals surface area contributed by atoms with E-state index in [4.69, 9.17) is 16.8 Å². The summed E-state index contributed by atoms with van der Waals surface area (Å²) in [5, 5.41) is 13.3. The van der Waals surface area contributed by atoms with E-state index in [1.165, 1.54) is 16.7 Å². The Kier molecular flexibility index (Phi) is 4.79. The van der Waals surface area contributed by atoms with Crippen LogP contribution < -0.4 is 10.4 Å². The van der Waals surface area contributed by atoms with Crippen LogP contribution in [0.5, 0.6) is 0 Å². The number of rotatable bonds is 4. The SMILES string of the molecule is Cn1cc2c(n1)N(CC(=O)NO)C(=O)C(Cc1ccc(Cl)cc1)S2. The summed E-state index contributed by atoms with van der Waals surface area (Å²) in [6, 6.07) is 7.31. The van der Waals surface area contributed by atoms with E-state index in [0.717, 1.165) is 10.5 Å². The van der Waals surface area contributed by atoms with Gasteiger partial charge in [0.2, 0.25) is 5.91 Å². The molecule has 3 rings (SSSR count). The van der Waals surface area contributed by atoms with Crippen LogP contribution in [0.3, 0.4) is 0 Å². The van der Waals surface area contributed by atoms with Crippen molar-refractivity contribution in [2.75, 3.05) is 11.4 Å². The average molecular weight is 367 g/mol. The van der Waals surface area contributed by atoms with Gasteiger partial charge < -0.3 is 0 Å². The van der Waals surface area contributed by atoms with Gasteiger partial charge in [-0.05, 0) is 24.1 Å². The van der Waals surface area contributed by atoms with E-state index in [-0.39, 0.29) is 17.7 Å². The Morgan fingerprint density at radius 2 is 2.12 bits per heavy atom. The highest BCUT2D eigenvalue weighted by Gasteiger charge is 2.36. The van der Waals surface area contributed by atoms with Crippen molar-refractivity contribution >= 4 is 41.0 Å². The summed E-state index contributed by atoms with van der Waals surface area (Å²) in [6.07, 6.45) is 2.32. The third-order valence-corrected chi connectivity index (χ3v) is 5.05. The van der Waals surface area contributed by atoms with Crippen molar-refractivity contribution in [3.63, 3.8) is 0 Å². The number of nitrogens with one attached hydrogen (secondary N) is 1. The van der Waals surface area contributed by atoms with E-state index in [9.17, 15) is 9.59 Å². The van der Waals surface area contributed by atoms with Crippen LogP contribution in [-0.2, 0) is 23.1 Å². The van der Waals surface area contributed by atoms with Gasteiger partial charge >= 0.3 is 0 Å². The van der Waals surface area contributed by atoms with Crippen molar-refractivity contribution in [3.8, 4) is 0 Å². The number of aryl methyl sites for hydroxylation is 1. The number of anilines is 1. The van der Waals surface area contributed by atoms with Crippen LogP contribution in [0.15, 0.2) is 35.4 Å². The standard InChI is InChI=1S/C15H15ClN4O3S/c1-19-7-12-14(17-19)20(8-13(21)18-23)15(22)11(24-12)6-9-2-4-10(16)5-3-9/h2-5,7,11,23H,6,8H2,1H3,(H,18,21). The molecule has 7 nitrogen and oxygen atoms in total. The van der Waals surface area contributed by atoms with Gasteiger partial charge in [0.1, 0.15) is 6.54 Å². The predicted molar refractivity (Wildman–Crippen MR) is 90.3 cm³/mol. The summed E-state index contributed by atoms with van der Waals surface area (Å²) >= 11 is 7.31. The molecule has 0 saturated carbocycles. The highest BCUT2D eigenvalue weighted by atomic mass is 35.5. The molecule has 1 atom stereocenters. The minimum Gasteiger partial charge on any atom is -0.289 e. The second-order valence-electron chi connectivity index (χ2n) is 5.39. The highest BCUT2D eigenvalue weighted by Crippen LogP contribution is 2.39. The number of carbonyl (C=O) groups excluding carboxylic acids is 2. The first-order valence-corrected chi connectivity index (χ1v) is 8.42. The van der Waals surface area contributed by atoms with Crippen LogP contribution in [0.1, 0.15) is 5.56 Å². The lowest BCUT2D eigenvalue weighted by Crippen LogP contribution is -2.46. The van der Waals surface area contributed by atoms with Gasteiger partial charge in [0.05, 0.1) is 10.1 Å². The van der Waals surface area contributed by atoms with Crippen LogP contribution in [0.25, 0.3) is 0 Å². The third kappa shape index (κ3) is 3.40. The lowest BCUT2D eigenvalue weighted by atomic mass is 10.1. The maximum Gasteiger partial charge on any atom is 0.263 e. The van der Waals surface area contributed by atoms with Crippen molar-refractivity contribution < 1.29 is 14.8 Å². The monoisotopic (exact) mass is 366 g/mol. The molecule has 0 spiro atoms. The number of hydroxylamine groups is 1. The van der Waals surface area contributed by atoms with Gasteiger partial charge in [-0.2, -0.15) is 5.10 Å². The van der Waals surface area contributed by atoms with Crippen molar-refractivity contribution in [2.24, 2.45) is 7.05 Å². The number of amides is 2. The molecule has 2 amide bonds. The molecule has 0 saturated heterocycles. The van der Waals surface area contributed by atoms with Gasteiger partial charge in [-0.15, -0.1) is 11.8 Å². The molecule has 126 valence electrons. The van der Waals surface area contributed by atoms with Crippen LogP contribution in [0.2, 0.25) is 5.02 Å². The topological polar surface area (TPSA) is 87.5 Å². The average Bonchev–Trinajstić information content (AvgIpc) is 2.93. The van der Waals surface area contributed by atoms with E-state index in [1.807, 2.05) is 18.3 Å². The van der Waals surface area contributed by atoms with Crippen molar-refractivity contribution in [1.82, 2.24) is 15.3 Å². The molecule has 0 radical (unpaired) electrons. The molecule has 0 fully saturated rings. The normalized spacial score (nSPS) is 16.9. The molecule has 2 N–H and O–H groups in total. The van der Waals surface area contributed by atoms with Gasteiger partial charge in [-0.3, -0.25) is 24.4 Å². The molecule has 1 aliphatic rings. The first-order valence-electron chi connectivity index (χ1n) is 7.17. The predicted octanol–water partition coefficient (Wildman–Crippen LogP) is 1.63. The van der Waals surface area contributed by atoms with Gasteiger partial charge in [0.25, 0.3) is 5.91 Å². The molecule has 2 aromatic rings. The number of fused-ring (bicyclic) bond motifs is 1. The van der Waals surface area contributed by atoms with Gasteiger partial charge in [-0.1, -0.05) is 23.7 Å². The highest BCUT2D eigenvalue weighted by molar-refractivity contribution is 8.01. The number of halogens is 1. The Morgan fingerprint density at radius 1 is 1.42 bits per heavy atom. The van der Waals surface area contributed by atoms with Gasteiger partial charge in [0, 0.05) is 18.3 Å². The van der Waals surface area contributed by atoms with Crippen LogP contribution >= 0.6 is 23.4 Å². The molecule has 1 aliphatic heterocycles. The van der Waals surface area contributed by atoms with E-state index in [0.29, 0.717) is 17.3 Å². The molecule has 24 heavy (non-hydrogen) atoms. The molecule has 2 heterocycles. The van der Waals surface area contributed by atoms with Gasteiger partial charge in [0.15, 0.2) is 5.82 Å². The maximum absolute atomic E-state index is 12.8. The number of benzene rings is 1. The van der Waals surface area contributed by atoms with Gasteiger partial charge in [-0.25, -0.2) is 5.48 Å². The minimum atomic E-state index is -0.669. The molecule has 0 bridgehead atoms. The van der Waals surface area contributed by atoms with Crippen LogP contribution in [0.4, 0.5) is 5.82 Å². The van der Waals surface area contributed by atoms with E-state index in [1.54, 1.807) is 29.3 Å². The Morgan fingerprint density at radius 3 is 2.79 bits per heavy atom. The summed E-state index contributed by atoms with van der Waals surface area (Å²) in [4.78, 5) is 26.4. The fourth-order valence-corrected chi connectivity index (χ4v) is 3.91. The number of hydrogen-bond donors (Lipinski definition) is 2. The van der Waals surface area contributed by atoms with Crippen molar-refractivity contribution in [1.29, 1.82) is 0 Å². The number of thioether (sulfide) groups is 1. The number of hydrogen-bond acceptors (Lipinski definition) is 5. The quantitative estimate of drug-likeness (QED) is 0.634. The summed E-state index contributed by atoms with van der Waals surface area (Å²) in [6.45, 7) is -0.281. The molecule has 1 aromatic heterocycles. The first kappa shape index (κ1) is 16.8. The largest absolute Gasteiger partial charge is 0.289 e. The van der Waals surface area contributed by atoms with E-state index >= 15 is 0 Å². The van der Waals surface area contributed by atoms with E-state index in [2.05, 4.69) is 5.10 Å². The summed E-state index contributed by atoms with van der Waals surface area (Å²) in [5.41, 5.74) is 2.53. The maximum atomic E-state index is 12.8. The zero-order valence-electron chi connectivity index (χ0n) is 12.8. The van der Waals surface area contributed by atoms with Crippen molar-refractivity contribution in [2.45, 2.75) is 16.6 Å². The Balaban J connectivity index is 1.87. The smallest absolute Gasteiger partial charge is 0.263 e. The number of carbonyl (C=O) groups is 2. The molecule has 1 unspecified atom stereocenters. The molecule has 0 aliphatic carbocycles.